The quantitative estimate of drug-likeness (QED) is 0.906. The molecule has 0 radical (unpaired) electrons. The van der Waals surface area contributed by atoms with Gasteiger partial charge in [-0.15, -0.1) is 0 Å². The molecule has 0 amide bonds. The first-order valence-electron chi connectivity index (χ1n) is 6.51. The molecule has 104 valence electrons. The molecule has 0 aliphatic carbocycles. The molecule has 0 bridgehead atoms. The SMILES string of the molecule is CCc1nn(C)cc1NCc1cc(C#N)ccc1OC. The average Bonchev–Trinajstić information content (AvgIpc) is 2.84. The molecule has 0 aliphatic heterocycles. The van der Waals surface area contributed by atoms with Crippen molar-refractivity contribution in [3.8, 4) is 11.8 Å². The summed E-state index contributed by atoms with van der Waals surface area (Å²) in [6, 6.07) is 7.56. The smallest absolute Gasteiger partial charge is 0.123 e. The summed E-state index contributed by atoms with van der Waals surface area (Å²) < 4.78 is 7.12. The number of hydrogen-bond acceptors (Lipinski definition) is 4. The van der Waals surface area contributed by atoms with Crippen LogP contribution in [0.4, 0.5) is 5.69 Å². The third kappa shape index (κ3) is 2.91. The van der Waals surface area contributed by atoms with Gasteiger partial charge in [-0.3, -0.25) is 4.68 Å². The molecule has 1 heterocycles. The van der Waals surface area contributed by atoms with Gasteiger partial charge in [0.15, 0.2) is 0 Å². The van der Waals surface area contributed by atoms with Crippen LogP contribution in [-0.4, -0.2) is 16.9 Å². The zero-order valence-electron chi connectivity index (χ0n) is 12.0. The van der Waals surface area contributed by atoms with Gasteiger partial charge in [-0.2, -0.15) is 10.4 Å². The molecule has 0 spiro atoms. The van der Waals surface area contributed by atoms with Gasteiger partial charge in [-0.1, -0.05) is 6.92 Å². The van der Waals surface area contributed by atoms with Crippen LogP contribution in [0.5, 0.6) is 5.75 Å². The highest BCUT2D eigenvalue weighted by Gasteiger charge is 2.08. The summed E-state index contributed by atoms with van der Waals surface area (Å²) in [5.74, 6) is 0.776. The van der Waals surface area contributed by atoms with Crippen LogP contribution in [0.25, 0.3) is 0 Å². The standard InChI is InChI=1S/C15H18N4O/c1-4-13-14(10-19(2)18-13)17-9-12-7-11(8-16)5-6-15(12)20-3/h5-7,10,17H,4,9H2,1-3H3. The van der Waals surface area contributed by atoms with Crippen molar-refractivity contribution in [2.75, 3.05) is 12.4 Å². The van der Waals surface area contributed by atoms with Crippen LogP contribution in [0.2, 0.25) is 0 Å². The molecular weight excluding hydrogens is 252 g/mol. The van der Waals surface area contributed by atoms with Crippen LogP contribution < -0.4 is 10.1 Å². The van der Waals surface area contributed by atoms with Gasteiger partial charge in [-0.05, 0) is 24.6 Å². The summed E-state index contributed by atoms with van der Waals surface area (Å²) in [7, 11) is 3.54. The molecule has 5 nitrogen and oxygen atoms in total. The van der Waals surface area contributed by atoms with Crippen LogP contribution >= 0.6 is 0 Å². The number of aromatic nitrogens is 2. The molecular formula is C15H18N4O. The Balaban J connectivity index is 2.19. The first kappa shape index (κ1) is 13.9. The minimum atomic E-state index is 0.595. The Morgan fingerprint density at radius 2 is 2.25 bits per heavy atom. The highest BCUT2D eigenvalue weighted by atomic mass is 16.5. The maximum atomic E-state index is 8.97. The van der Waals surface area contributed by atoms with E-state index in [1.807, 2.05) is 25.4 Å². The third-order valence-corrected chi connectivity index (χ3v) is 3.12. The van der Waals surface area contributed by atoms with E-state index in [0.29, 0.717) is 12.1 Å². The molecule has 0 saturated carbocycles. The van der Waals surface area contributed by atoms with Crippen molar-refractivity contribution in [1.82, 2.24) is 9.78 Å². The predicted octanol–water partition coefficient (Wildman–Crippen LogP) is 2.47. The van der Waals surface area contributed by atoms with Gasteiger partial charge >= 0.3 is 0 Å². The second kappa shape index (κ2) is 6.11. The highest BCUT2D eigenvalue weighted by Crippen LogP contribution is 2.22. The maximum absolute atomic E-state index is 8.97. The van der Waals surface area contributed by atoms with Crippen molar-refractivity contribution in [3.05, 3.63) is 41.2 Å². The third-order valence-electron chi connectivity index (χ3n) is 3.12. The van der Waals surface area contributed by atoms with E-state index in [0.717, 1.165) is 29.1 Å². The van der Waals surface area contributed by atoms with E-state index in [9.17, 15) is 0 Å². The Labute approximate surface area is 118 Å². The van der Waals surface area contributed by atoms with Crippen molar-refractivity contribution in [2.24, 2.45) is 7.05 Å². The van der Waals surface area contributed by atoms with Gasteiger partial charge in [0.2, 0.25) is 0 Å². The monoisotopic (exact) mass is 270 g/mol. The Morgan fingerprint density at radius 3 is 2.90 bits per heavy atom. The number of nitrogens with one attached hydrogen (secondary N) is 1. The van der Waals surface area contributed by atoms with Crippen LogP contribution in [-0.2, 0) is 20.0 Å². The van der Waals surface area contributed by atoms with E-state index in [-0.39, 0.29) is 0 Å². The van der Waals surface area contributed by atoms with Crippen molar-refractivity contribution < 1.29 is 4.74 Å². The number of aryl methyl sites for hydroxylation is 2. The fourth-order valence-electron chi connectivity index (χ4n) is 2.12. The predicted molar refractivity (Wildman–Crippen MR) is 77.6 cm³/mol. The van der Waals surface area contributed by atoms with Crippen LogP contribution in [0.3, 0.4) is 0 Å². The van der Waals surface area contributed by atoms with Gasteiger partial charge in [-0.25, -0.2) is 0 Å². The zero-order chi connectivity index (χ0) is 14.5. The topological polar surface area (TPSA) is 62.9 Å². The van der Waals surface area contributed by atoms with E-state index < -0.39 is 0 Å². The van der Waals surface area contributed by atoms with Crippen LogP contribution in [0.1, 0.15) is 23.7 Å². The molecule has 1 N–H and O–H groups in total. The lowest BCUT2D eigenvalue weighted by Crippen LogP contribution is -2.03. The van der Waals surface area contributed by atoms with Gasteiger partial charge in [0.05, 0.1) is 30.1 Å². The number of ether oxygens (including phenoxy) is 1. The van der Waals surface area contributed by atoms with E-state index in [1.165, 1.54) is 0 Å². The first-order valence-corrected chi connectivity index (χ1v) is 6.51. The average molecular weight is 270 g/mol. The Hall–Kier alpha value is -2.48. The molecule has 2 aromatic rings. The van der Waals surface area contributed by atoms with Crippen LogP contribution in [0.15, 0.2) is 24.4 Å². The lowest BCUT2D eigenvalue weighted by Gasteiger charge is -2.10. The van der Waals surface area contributed by atoms with Crippen molar-refractivity contribution in [2.45, 2.75) is 19.9 Å². The summed E-state index contributed by atoms with van der Waals surface area (Å²) in [6.45, 7) is 2.67. The molecule has 0 atom stereocenters. The van der Waals surface area contributed by atoms with Gasteiger partial charge in [0.25, 0.3) is 0 Å². The summed E-state index contributed by atoms with van der Waals surface area (Å²) >= 11 is 0. The molecule has 0 fully saturated rings. The summed E-state index contributed by atoms with van der Waals surface area (Å²) in [5, 5.41) is 16.7. The van der Waals surface area contributed by atoms with Crippen molar-refractivity contribution in [1.29, 1.82) is 5.26 Å². The molecule has 20 heavy (non-hydrogen) atoms. The number of rotatable bonds is 5. The largest absolute Gasteiger partial charge is 0.496 e. The summed E-state index contributed by atoms with van der Waals surface area (Å²) in [4.78, 5) is 0. The Kier molecular flexibility index (Phi) is 4.26. The molecule has 0 saturated heterocycles. The number of nitriles is 1. The molecule has 1 aromatic carbocycles. The van der Waals surface area contributed by atoms with Crippen molar-refractivity contribution in [3.63, 3.8) is 0 Å². The van der Waals surface area contributed by atoms with Crippen LogP contribution in [0, 0.1) is 11.3 Å². The Bertz CT molecular complexity index is 640. The fourth-order valence-corrected chi connectivity index (χ4v) is 2.12. The fraction of sp³-hybridized carbons (Fsp3) is 0.333. The minimum Gasteiger partial charge on any atom is -0.496 e. The molecule has 5 heteroatoms. The first-order chi connectivity index (χ1) is 9.67. The number of methoxy groups -OCH3 is 1. The van der Waals surface area contributed by atoms with E-state index >= 15 is 0 Å². The van der Waals surface area contributed by atoms with E-state index in [2.05, 4.69) is 23.4 Å². The van der Waals surface area contributed by atoms with Gasteiger partial charge in [0.1, 0.15) is 5.75 Å². The normalized spacial score (nSPS) is 10.1. The minimum absolute atomic E-state index is 0.595. The van der Waals surface area contributed by atoms with Gasteiger partial charge in [0, 0.05) is 25.4 Å². The Morgan fingerprint density at radius 1 is 1.45 bits per heavy atom. The van der Waals surface area contributed by atoms with Crippen molar-refractivity contribution >= 4 is 5.69 Å². The molecule has 2 rings (SSSR count). The van der Waals surface area contributed by atoms with E-state index in [4.69, 9.17) is 10.00 Å². The number of nitrogens with zero attached hydrogens (tertiary/aromatic N) is 3. The number of anilines is 1. The second-order valence-electron chi connectivity index (χ2n) is 4.51. The maximum Gasteiger partial charge on any atom is 0.123 e. The molecule has 0 unspecified atom stereocenters. The lowest BCUT2D eigenvalue weighted by atomic mass is 10.1. The highest BCUT2D eigenvalue weighted by molar-refractivity contribution is 5.49. The number of benzene rings is 1. The molecule has 0 aliphatic rings. The second-order valence-corrected chi connectivity index (χ2v) is 4.51. The lowest BCUT2D eigenvalue weighted by molar-refractivity contribution is 0.410. The number of hydrogen-bond donors (Lipinski definition) is 1. The zero-order valence-corrected chi connectivity index (χ0v) is 12.0. The summed E-state index contributed by atoms with van der Waals surface area (Å²) in [6.07, 6.45) is 2.83. The molecule has 1 aromatic heterocycles. The van der Waals surface area contributed by atoms with Gasteiger partial charge < -0.3 is 10.1 Å². The van der Waals surface area contributed by atoms with E-state index in [1.54, 1.807) is 17.9 Å². The summed E-state index contributed by atoms with van der Waals surface area (Å²) in [5.41, 5.74) is 3.63.